The summed E-state index contributed by atoms with van der Waals surface area (Å²) >= 11 is 12.3. The second-order valence-electron chi connectivity index (χ2n) is 5.53. The van der Waals surface area contributed by atoms with Gasteiger partial charge in [-0.3, -0.25) is 9.47 Å². The standard InChI is InChI=1S/C18H14Cl2N2O4/c1-21-22-9-15(26-18(24)25)17(23)12-8-10(5-6-14(12)22)7-11-3-2-4-13(19)16(11)20/h2-6,8-9,21H,7H2,1H3,(H,24,25). The van der Waals surface area contributed by atoms with Crippen molar-refractivity contribution in [2.45, 2.75) is 6.42 Å². The molecule has 0 radical (unpaired) electrons. The van der Waals surface area contributed by atoms with Crippen molar-refractivity contribution >= 4 is 40.3 Å². The molecule has 0 aliphatic carbocycles. The molecular formula is C18H14Cl2N2O4. The lowest BCUT2D eigenvalue weighted by Crippen LogP contribution is -2.19. The average molecular weight is 393 g/mol. The first-order chi connectivity index (χ1) is 12.4. The van der Waals surface area contributed by atoms with E-state index in [1.807, 2.05) is 12.1 Å². The van der Waals surface area contributed by atoms with Gasteiger partial charge < -0.3 is 15.3 Å². The molecule has 134 valence electrons. The maximum Gasteiger partial charge on any atom is 0.511 e. The Bertz CT molecular complexity index is 1060. The molecule has 1 aromatic heterocycles. The van der Waals surface area contributed by atoms with Crippen LogP contribution < -0.4 is 15.6 Å². The van der Waals surface area contributed by atoms with Gasteiger partial charge in [-0.15, -0.1) is 0 Å². The van der Waals surface area contributed by atoms with Gasteiger partial charge in [-0.05, 0) is 35.7 Å². The summed E-state index contributed by atoms with van der Waals surface area (Å²) in [5.74, 6) is -0.280. The van der Waals surface area contributed by atoms with Crippen LogP contribution >= 0.6 is 23.2 Å². The molecule has 26 heavy (non-hydrogen) atoms. The molecule has 2 N–H and O–H groups in total. The van der Waals surface area contributed by atoms with E-state index in [-0.39, 0.29) is 5.75 Å². The molecular weight excluding hydrogens is 379 g/mol. The molecule has 0 fully saturated rings. The molecule has 0 aliphatic rings. The summed E-state index contributed by atoms with van der Waals surface area (Å²) in [7, 11) is 1.65. The maximum atomic E-state index is 12.6. The van der Waals surface area contributed by atoms with Crippen molar-refractivity contribution in [3.63, 3.8) is 0 Å². The number of carboxylic acid groups (broad SMARTS) is 1. The fourth-order valence-corrected chi connectivity index (χ4v) is 3.11. The Morgan fingerprint density at radius 1 is 1.27 bits per heavy atom. The van der Waals surface area contributed by atoms with E-state index in [4.69, 9.17) is 28.3 Å². The van der Waals surface area contributed by atoms with Gasteiger partial charge in [0.1, 0.15) is 0 Å². The summed E-state index contributed by atoms with van der Waals surface area (Å²) in [6, 6.07) is 10.7. The molecule has 3 aromatic rings. The second kappa shape index (κ2) is 7.27. The zero-order valence-corrected chi connectivity index (χ0v) is 15.1. The van der Waals surface area contributed by atoms with Crippen LogP contribution in [-0.4, -0.2) is 23.0 Å². The van der Waals surface area contributed by atoms with Crippen LogP contribution in [0.1, 0.15) is 11.1 Å². The highest BCUT2D eigenvalue weighted by molar-refractivity contribution is 6.42. The Hall–Kier alpha value is -2.70. The van der Waals surface area contributed by atoms with Gasteiger partial charge >= 0.3 is 6.16 Å². The number of rotatable bonds is 4. The van der Waals surface area contributed by atoms with Crippen LogP contribution in [0.15, 0.2) is 47.4 Å². The van der Waals surface area contributed by atoms with Crippen molar-refractivity contribution in [3.8, 4) is 5.75 Å². The third-order valence-electron chi connectivity index (χ3n) is 3.90. The molecule has 0 saturated carbocycles. The highest BCUT2D eigenvalue weighted by Crippen LogP contribution is 2.28. The van der Waals surface area contributed by atoms with Gasteiger partial charge in [0.25, 0.3) is 0 Å². The lowest BCUT2D eigenvalue weighted by atomic mass is 10.0. The lowest BCUT2D eigenvalue weighted by molar-refractivity contribution is 0.144. The minimum atomic E-state index is -1.55. The Balaban J connectivity index is 2.12. The summed E-state index contributed by atoms with van der Waals surface area (Å²) in [6.07, 6.45) is 0.218. The molecule has 2 aromatic carbocycles. The van der Waals surface area contributed by atoms with Crippen molar-refractivity contribution < 1.29 is 14.6 Å². The number of halogens is 2. The Kier molecular flexibility index (Phi) is 5.06. The summed E-state index contributed by atoms with van der Waals surface area (Å²) in [4.78, 5) is 23.4. The average Bonchev–Trinajstić information content (AvgIpc) is 2.61. The summed E-state index contributed by atoms with van der Waals surface area (Å²) in [5, 5.41) is 10.1. The van der Waals surface area contributed by atoms with Crippen molar-refractivity contribution in [1.82, 2.24) is 4.68 Å². The molecule has 0 aliphatic heterocycles. The number of carbonyl (C=O) groups is 1. The van der Waals surface area contributed by atoms with Crippen LogP contribution in [0, 0.1) is 0 Å². The summed E-state index contributed by atoms with van der Waals surface area (Å²) < 4.78 is 6.11. The minimum Gasteiger partial charge on any atom is -0.449 e. The fraction of sp³-hybridized carbons (Fsp3) is 0.111. The number of fused-ring (bicyclic) bond motifs is 1. The maximum absolute atomic E-state index is 12.6. The molecule has 0 spiro atoms. The number of pyridine rings is 1. The number of hydrogen-bond donors (Lipinski definition) is 2. The SMILES string of the molecule is CNn1cc(OC(=O)O)c(=O)c2cc(Cc3cccc(Cl)c3Cl)ccc21. The second-order valence-corrected chi connectivity index (χ2v) is 6.31. The van der Waals surface area contributed by atoms with E-state index in [1.54, 1.807) is 31.3 Å². The molecule has 1 heterocycles. The summed E-state index contributed by atoms with van der Waals surface area (Å²) in [5.41, 5.74) is 4.60. The Morgan fingerprint density at radius 2 is 2.04 bits per heavy atom. The molecule has 3 rings (SSSR count). The van der Waals surface area contributed by atoms with E-state index < -0.39 is 11.6 Å². The quantitative estimate of drug-likeness (QED) is 0.652. The molecule has 8 heteroatoms. The number of hydrogen-bond acceptors (Lipinski definition) is 4. The van der Waals surface area contributed by atoms with E-state index in [0.29, 0.717) is 27.4 Å². The smallest absolute Gasteiger partial charge is 0.449 e. The van der Waals surface area contributed by atoms with Gasteiger partial charge in [0.05, 0.1) is 27.1 Å². The van der Waals surface area contributed by atoms with Gasteiger partial charge in [-0.2, -0.15) is 0 Å². The number of ether oxygens (including phenoxy) is 1. The van der Waals surface area contributed by atoms with Gasteiger partial charge in [0.2, 0.25) is 11.2 Å². The molecule has 0 amide bonds. The summed E-state index contributed by atoms with van der Waals surface area (Å²) in [6.45, 7) is 0. The zero-order chi connectivity index (χ0) is 18.8. The molecule has 0 atom stereocenters. The molecule has 6 nitrogen and oxygen atoms in total. The first-order valence-corrected chi connectivity index (χ1v) is 8.36. The van der Waals surface area contributed by atoms with Gasteiger partial charge in [-0.1, -0.05) is 41.4 Å². The van der Waals surface area contributed by atoms with Crippen LogP contribution in [0.3, 0.4) is 0 Å². The monoisotopic (exact) mass is 392 g/mol. The number of nitrogens with zero attached hydrogens (tertiary/aromatic N) is 1. The van der Waals surface area contributed by atoms with Gasteiger partial charge in [-0.25, -0.2) is 4.79 Å². The third kappa shape index (κ3) is 3.47. The van der Waals surface area contributed by atoms with Crippen LogP contribution in [0.2, 0.25) is 10.0 Å². The van der Waals surface area contributed by atoms with Crippen LogP contribution in [0.5, 0.6) is 5.75 Å². The predicted molar refractivity (Wildman–Crippen MR) is 101 cm³/mol. The topological polar surface area (TPSA) is 80.6 Å². The third-order valence-corrected chi connectivity index (χ3v) is 4.76. The number of nitrogens with one attached hydrogen (secondary N) is 1. The zero-order valence-electron chi connectivity index (χ0n) is 13.6. The van der Waals surface area contributed by atoms with E-state index in [2.05, 4.69) is 10.2 Å². The van der Waals surface area contributed by atoms with E-state index in [1.165, 1.54) is 10.9 Å². The van der Waals surface area contributed by atoms with E-state index in [0.717, 1.165) is 11.1 Å². The Labute approximate surface area is 158 Å². The van der Waals surface area contributed by atoms with E-state index in [9.17, 15) is 9.59 Å². The first-order valence-electron chi connectivity index (χ1n) is 7.60. The van der Waals surface area contributed by atoms with Crippen LogP contribution in [0.4, 0.5) is 4.79 Å². The van der Waals surface area contributed by atoms with Crippen molar-refractivity contribution in [1.29, 1.82) is 0 Å². The first kappa shape index (κ1) is 18.1. The van der Waals surface area contributed by atoms with Gasteiger partial charge in [0.15, 0.2) is 0 Å². The predicted octanol–water partition coefficient (Wildman–Crippen LogP) is 4.13. The molecule has 0 bridgehead atoms. The normalized spacial score (nSPS) is 10.7. The minimum absolute atomic E-state index is 0.280. The highest BCUT2D eigenvalue weighted by atomic mass is 35.5. The largest absolute Gasteiger partial charge is 0.511 e. The lowest BCUT2D eigenvalue weighted by Gasteiger charge is -2.13. The van der Waals surface area contributed by atoms with Gasteiger partial charge in [0, 0.05) is 7.05 Å². The molecule has 0 unspecified atom stereocenters. The highest BCUT2D eigenvalue weighted by Gasteiger charge is 2.14. The molecule has 0 saturated heterocycles. The van der Waals surface area contributed by atoms with Crippen LogP contribution in [-0.2, 0) is 6.42 Å². The van der Waals surface area contributed by atoms with Crippen molar-refractivity contribution in [2.75, 3.05) is 12.5 Å². The van der Waals surface area contributed by atoms with Crippen LogP contribution in [0.25, 0.3) is 10.9 Å². The number of benzene rings is 2. The Morgan fingerprint density at radius 3 is 2.73 bits per heavy atom. The fourth-order valence-electron chi connectivity index (χ4n) is 2.72. The van der Waals surface area contributed by atoms with Crippen molar-refractivity contribution in [3.05, 3.63) is 74.0 Å². The van der Waals surface area contributed by atoms with Crippen molar-refractivity contribution in [2.24, 2.45) is 0 Å². The number of aromatic nitrogens is 1. The van der Waals surface area contributed by atoms with E-state index >= 15 is 0 Å².